The van der Waals surface area contributed by atoms with Crippen molar-refractivity contribution in [3.8, 4) is 0 Å². The minimum absolute atomic E-state index is 0.180. The number of thiazole rings is 1. The molecule has 2 aromatic heterocycles. The fourth-order valence-corrected chi connectivity index (χ4v) is 1.84. The summed E-state index contributed by atoms with van der Waals surface area (Å²) in [5, 5.41) is 2.78. The lowest BCUT2D eigenvalue weighted by atomic mass is 10.4. The molecule has 1 N–H and O–H groups in total. The molecule has 2 aromatic rings. The van der Waals surface area contributed by atoms with Crippen LogP contribution in [0.25, 0.3) is 0 Å². The SMILES string of the molecule is Cc1ncsc1CNC(=O)n1ccnc1. The summed E-state index contributed by atoms with van der Waals surface area (Å²) in [6.45, 7) is 2.43. The van der Waals surface area contributed by atoms with Crippen LogP contribution in [0.1, 0.15) is 10.6 Å². The first-order valence-electron chi connectivity index (χ1n) is 4.42. The Balaban J connectivity index is 1.95. The Morgan fingerprint density at radius 1 is 1.67 bits per heavy atom. The number of hydrogen-bond acceptors (Lipinski definition) is 4. The van der Waals surface area contributed by atoms with Crippen LogP contribution in [0, 0.1) is 6.92 Å². The van der Waals surface area contributed by atoms with Crippen molar-refractivity contribution in [2.24, 2.45) is 0 Å². The van der Waals surface area contributed by atoms with Gasteiger partial charge >= 0.3 is 6.03 Å². The highest BCUT2D eigenvalue weighted by molar-refractivity contribution is 7.09. The van der Waals surface area contributed by atoms with Crippen LogP contribution in [-0.2, 0) is 6.54 Å². The van der Waals surface area contributed by atoms with Crippen molar-refractivity contribution in [1.29, 1.82) is 0 Å². The third kappa shape index (κ3) is 2.21. The van der Waals surface area contributed by atoms with Gasteiger partial charge in [-0.15, -0.1) is 11.3 Å². The first-order chi connectivity index (χ1) is 7.27. The number of hydrogen-bond donors (Lipinski definition) is 1. The molecule has 0 aromatic carbocycles. The molecule has 2 rings (SSSR count). The Morgan fingerprint density at radius 2 is 2.53 bits per heavy atom. The molecule has 0 spiro atoms. The second-order valence-corrected chi connectivity index (χ2v) is 3.93. The van der Waals surface area contributed by atoms with Gasteiger partial charge in [0.1, 0.15) is 6.33 Å². The lowest BCUT2D eigenvalue weighted by Crippen LogP contribution is -2.26. The maximum absolute atomic E-state index is 11.5. The summed E-state index contributed by atoms with van der Waals surface area (Å²) in [6.07, 6.45) is 4.64. The van der Waals surface area contributed by atoms with Gasteiger partial charge in [-0.2, -0.15) is 0 Å². The van der Waals surface area contributed by atoms with Crippen molar-refractivity contribution in [1.82, 2.24) is 19.9 Å². The van der Waals surface area contributed by atoms with Gasteiger partial charge in [0.2, 0.25) is 0 Å². The summed E-state index contributed by atoms with van der Waals surface area (Å²) in [5.41, 5.74) is 2.74. The van der Waals surface area contributed by atoms with E-state index in [-0.39, 0.29) is 6.03 Å². The molecule has 2 heterocycles. The average Bonchev–Trinajstić information content (AvgIpc) is 2.85. The molecule has 0 saturated heterocycles. The minimum Gasteiger partial charge on any atom is -0.332 e. The number of amides is 1. The van der Waals surface area contributed by atoms with Crippen molar-refractivity contribution < 1.29 is 4.79 Å². The van der Waals surface area contributed by atoms with Crippen LogP contribution in [0.4, 0.5) is 4.79 Å². The highest BCUT2D eigenvalue weighted by atomic mass is 32.1. The molecule has 1 amide bonds. The van der Waals surface area contributed by atoms with Gasteiger partial charge in [-0.05, 0) is 6.92 Å². The van der Waals surface area contributed by atoms with Crippen molar-refractivity contribution in [3.05, 3.63) is 34.8 Å². The number of carbonyl (C=O) groups is 1. The van der Waals surface area contributed by atoms with Crippen LogP contribution in [0.15, 0.2) is 24.2 Å². The van der Waals surface area contributed by atoms with E-state index in [9.17, 15) is 4.79 Å². The van der Waals surface area contributed by atoms with Crippen molar-refractivity contribution in [2.75, 3.05) is 0 Å². The Labute approximate surface area is 90.8 Å². The van der Waals surface area contributed by atoms with E-state index in [0.29, 0.717) is 6.54 Å². The molecule has 6 heteroatoms. The van der Waals surface area contributed by atoms with Crippen LogP contribution in [-0.4, -0.2) is 20.6 Å². The Bertz CT molecular complexity index is 448. The van der Waals surface area contributed by atoms with Crippen molar-refractivity contribution in [2.45, 2.75) is 13.5 Å². The zero-order valence-electron chi connectivity index (χ0n) is 8.17. The number of carbonyl (C=O) groups excluding carboxylic acids is 1. The van der Waals surface area contributed by atoms with E-state index in [1.807, 2.05) is 6.92 Å². The summed E-state index contributed by atoms with van der Waals surface area (Å²) < 4.78 is 1.40. The van der Waals surface area contributed by atoms with E-state index in [0.717, 1.165) is 10.6 Å². The summed E-state index contributed by atoms with van der Waals surface area (Å²) >= 11 is 1.54. The molecule has 0 unspecified atom stereocenters. The topological polar surface area (TPSA) is 59.8 Å². The van der Waals surface area contributed by atoms with Gasteiger partial charge in [0.15, 0.2) is 0 Å². The van der Waals surface area contributed by atoms with Crippen molar-refractivity contribution >= 4 is 17.4 Å². The maximum atomic E-state index is 11.5. The third-order valence-corrected chi connectivity index (χ3v) is 2.92. The minimum atomic E-state index is -0.180. The smallest absolute Gasteiger partial charge is 0.327 e. The number of aromatic nitrogens is 3. The fourth-order valence-electron chi connectivity index (χ4n) is 1.12. The fraction of sp³-hybridized carbons (Fsp3) is 0.222. The molecule has 15 heavy (non-hydrogen) atoms. The molecule has 0 fully saturated rings. The van der Waals surface area contributed by atoms with Crippen molar-refractivity contribution in [3.63, 3.8) is 0 Å². The molecule has 5 nitrogen and oxygen atoms in total. The molecule has 78 valence electrons. The van der Waals surface area contributed by atoms with Gasteiger partial charge in [0.05, 0.1) is 17.7 Å². The predicted octanol–water partition coefficient (Wildman–Crippen LogP) is 1.41. The van der Waals surface area contributed by atoms with Crippen LogP contribution in [0.3, 0.4) is 0 Å². The molecule has 0 aliphatic carbocycles. The summed E-state index contributed by atoms with van der Waals surface area (Å²) in [6, 6.07) is -0.180. The highest BCUT2D eigenvalue weighted by Gasteiger charge is 2.05. The Kier molecular flexibility index (Phi) is 2.77. The molecule has 0 atom stereocenters. The van der Waals surface area contributed by atoms with Crippen LogP contribution in [0.2, 0.25) is 0 Å². The highest BCUT2D eigenvalue weighted by Crippen LogP contribution is 2.11. The molecule has 0 aliphatic heterocycles. The van der Waals surface area contributed by atoms with Crippen LogP contribution in [0.5, 0.6) is 0 Å². The summed E-state index contributed by atoms with van der Waals surface area (Å²) in [7, 11) is 0. The Morgan fingerprint density at radius 3 is 3.13 bits per heavy atom. The Hall–Kier alpha value is -1.69. The van der Waals surface area contributed by atoms with E-state index in [4.69, 9.17) is 0 Å². The monoisotopic (exact) mass is 222 g/mol. The van der Waals surface area contributed by atoms with E-state index < -0.39 is 0 Å². The normalized spacial score (nSPS) is 10.2. The number of aryl methyl sites for hydroxylation is 1. The number of nitrogens with one attached hydrogen (secondary N) is 1. The molecular formula is C9H10N4OS. The first kappa shape index (κ1) is 9.85. The molecule has 0 aliphatic rings. The van der Waals surface area contributed by atoms with Gasteiger partial charge < -0.3 is 5.32 Å². The number of rotatable bonds is 2. The molecule has 0 radical (unpaired) electrons. The maximum Gasteiger partial charge on any atom is 0.327 e. The quantitative estimate of drug-likeness (QED) is 0.835. The van der Waals surface area contributed by atoms with Gasteiger partial charge in [-0.1, -0.05) is 0 Å². The van der Waals surface area contributed by atoms with Crippen LogP contribution >= 0.6 is 11.3 Å². The van der Waals surface area contributed by atoms with Gasteiger partial charge in [-0.25, -0.2) is 14.8 Å². The lowest BCUT2D eigenvalue weighted by molar-refractivity contribution is 0.242. The standard InChI is InChI=1S/C9H10N4OS/c1-7-8(15-6-12-7)4-11-9(14)13-3-2-10-5-13/h2-3,5-6H,4H2,1H3,(H,11,14). The van der Waals surface area contributed by atoms with Gasteiger partial charge in [-0.3, -0.25) is 4.57 Å². The molecule has 0 saturated carbocycles. The van der Waals surface area contributed by atoms with Gasteiger partial charge in [0.25, 0.3) is 0 Å². The third-order valence-electron chi connectivity index (χ3n) is 1.98. The zero-order valence-corrected chi connectivity index (χ0v) is 8.99. The van der Waals surface area contributed by atoms with Gasteiger partial charge in [0, 0.05) is 17.3 Å². The second-order valence-electron chi connectivity index (χ2n) is 2.99. The van der Waals surface area contributed by atoms with E-state index in [1.165, 1.54) is 22.2 Å². The zero-order chi connectivity index (χ0) is 10.7. The predicted molar refractivity (Wildman–Crippen MR) is 56.7 cm³/mol. The van der Waals surface area contributed by atoms with E-state index in [1.54, 1.807) is 17.9 Å². The van der Waals surface area contributed by atoms with Crippen LogP contribution < -0.4 is 5.32 Å². The largest absolute Gasteiger partial charge is 0.332 e. The molecular weight excluding hydrogens is 212 g/mol. The lowest BCUT2D eigenvalue weighted by Gasteiger charge is -2.03. The molecule has 0 bridgehead atoms. The van der Waals surface area contributed by atoms with E-state index in [2.05, 4.69) is 15.3 Å². The summed E-state index contributed by atoms with van der Waals surface area (Å²) in [5.74, 6) is 0. The first-order valence-corrected chi connectivity index (χ1v) is 5.30. The number of imidazole rings is 1. The van der Waals surface area contributed by atoms with E-state index >= 15 is 0 Å². The average molecular weight is 222 g/mol. The second kappa shape index (κ2) is 4.22. The summed E-state index contributed by atoms with van der Waals surface area (Å²) in [4.78, 5) is 20.5. The number of nitrogens with zero attached hydrogens (tertiary/aromatic N) is 3.